The smallest absolute Gasteiger partial charge is 0.0987 e. The Hall–Kier alpha value is -1.19. The van der Waals surface area contributed by atoms with Crippen LogP contribution in [0.2, 0.25) is 0 Å². The normalized spacial score (nSPS) is 11.7. The summed E-state index contributed by atoms with van der Waals surface area (Å²) in [6, 6.07) is 10.6. The number of benzene rings is 1. The van der Waals surface area contributed by atoms with Crippen LogP contribution in [0, 0.1) is 0 Å². The average molecular weight is 260 g/mol. The molecule has 0 spiro atoms. The van der Waals surface area contributed by atoms with Gasteiger partial charge in [0.1, 0.15) is 0 Å². The molecule has 2 rings (SSSR count). The zero-order chi connectivity index (χ0) is 13.0. The Morgan fingerprint density at radius 3 is 2.61 bits per heavy atom. The third kappa shape index (κ3) is 3.18. The first-order chi connectivity index (χ1) is 8.62. The lowest BCUT2D eigenvalue weighted by Gasteiger charge is -2.22. The lowest BCUT2D eigenvalue weighted by molar-refractivity contribution is 0.517. The molecule has 0 aliphatic rings. The molecule has 0 atom stereocenters. The molecule has 3 heteroatoms. The molecule has 1 aromatic heterocycles. The van der Waals surface area contributed by atoms with Crippen LogP contribution in [-0.4, -0.2) is 11.5 Å². The van der Waals surface area contributed by atoms with Crippen molar-refractivity contribution in [3.05, 3.63) is 52.0 Å². The summed E-state index contributed by atoms with van der Waals surface area (Å²) in [6.07, 6.45) is 1.89. The Balaban J connectivity index is 2.14. The van der Waals surface area contributed by atoms with Crippen molar-refractivity contribution in [1.29, 1.82) is 0 Å². The second-order valence-corrected chi connectivity index (χ2v) is 6.09. The molecule has 2 N–H and O–H groups in total. The number of hydrogen-bond acceptors (Lipinski definition) is 3. The van der Waals surface area contributed by atoms with Gasteiger partial charge >= 0.3 is 0 Å². The summed E-state index contributed by atoms with van der Waals surface area (Å²) < 4.78 is 0. The van der Waals surface area contributed by atoms with Crippen LogP contribution in [0.4, 0.5) is 0 Å². The highest BCUT2D eigenvalue weighted by molar-refractivity contribution is 7.09. The van der Waals surface area contributed by atoms with E-state index in [0.29, 0.717) is 6.54 Å². The number of aromatic nitrogens is 1. The molecule has 18 heavy (non-hydrogen) atoms. The molecule has 0 saturated heterocycles. The molecule has 0 aliphatic carbocycles. The molecule has 0 bridgehead atoms. The van der Waals surface area contributed by atoms with Gasteiger partial charge < -0.3 is 5.73 Å². The van der Waals surface area contributed by atoms with Gasteiger partial charge in [-0.2, -0.15) is 0 Å². The zero-order valence-electron chi connectivity index (χ0n) is 11.0. The van der Waals surface area contributed by atoms with E-state index in [1.54, 1.807) is 11.3 Å². The third-order valence-corrected chi connectivity index (χ3v) is 4.28. The van der Waals surface area contributed by atoms with E-state index in [9.17, 15) is 0 Å². The predicted octanol–water partition coefficient (Wildman–Crippen LogP) is 3.16. The van der Waals surface area contributed by atoms with Crippen molar-refractivity contribution in [2.75, 3.05) is 6.54 Å². The lowest BCUT2D eigenvalue weighted by Crippen LogP contribution is -2.20. The van der Waals surface area contributed by atoms with Gasteiger partial charge in [0.2, 0.25) is 0 Å². The molecule has 0 fully saturated rings. The van der Waals surface area contributed by atoms with E-state index in [0.717, 1.165) is 18.5 Å². The number of thiazole rings is 1. The Labute approximate surface area is 113 Å². The summed E-state index contributed by atoms with van der Waals surface area (Å²) in [7, 11) is 0. The summed E-state index contributed by atoms with van der Waals surface area (Å²) in [6.45, 7) is 5.18. The van der Waals surface area contributed by atoms with E-state index in [-0.39, 0.29) is 5.41 Å². The highest BCUT2D eigenvalue weighted by Gasteiger charge is 2.24. The first-order valence-electron chi connectivity index (χ1n) is 6.31. The van der Waals surface area contributed by atoms with Crippen molar-refractivity contribution in [1.82, 2.24) is 4.98 Å². The molecule has 0 unspecified atom stereocenters. The van der Waals surface area contributed by atoms with Crippen LogP contribution in [0.3, 0.4) is 0 Å². The van der Waals surface area contributed by atoms with Gasteiger partial charge in [0, 0.05) is 17.2 Å². The van der Waals surface area contributed by atoms with Gasteiger partial charge in [-0.25, -0.2) is 4.98 Å². The fraction of sp³-hybridized carbons (Fsp3) is 0.400. The van der Waals surface area contributed by atoms with Crippen molar-refractivity contribution >= 4 is 11.3 Å². The maximum Gasteiger partial charge on any atom is 0.0987 e. The monoisotopic (exact) mass is 260 g/mol. The minimum Gasteiger partial charge on any atom is -0.330 e. The van der Waals surface area contributed by atoms with Gasteiger partial charge in [-0.15, -0.1) is 11.3 Å². The second kappa shape index (κ2) is 5.63. The minimum atomic E-state index is 0.0822. The van der Waals surface area contributed by atoms with Crippen molar-refractivity contribution in [3.63, 3.8) is 0 Å². The molecule has 2 aromatic rings. The standard InChI is InChI=1S/C15H20N2S/c1-15(2,10-12-6-4-3-5-7-12)14-17-13(8-9-16)11-18-14/h3-7,11H,8-10,16H2,1-2H3. The molecule has 0 aliphatic heterocycles. The Morgan fingerprint density at radius 2 is 1.94 bits per heavy atom. The van der Waals surface area contributed by atoms with E-state index in [1.807, 2.05) is 0 Å². The molecular weight excluding hydrogens is 240 g/mol. The fourth-order valence-corrected chi connectivity index (χ4v) is 3.04. The van der Waals surface area contributed by atoms with Crippen LogP contribution in [-0.2, 0) is 18.3 Å². The maximum absolute atomic E-state index is 5.57. The highest BCUT2D eigenvalue weighted by atomic mass is 32.1. The Morgan fingerprint density at radius 1 is 1.22 bits per heavy atom. The van der Waals surface area contributed by atoms with Crippen LogP contribution >= 0.6 is 11.3 Å². The van der Waals surface area contributed by atoms with Gasteiger partial charge in [-0.1, -0.05) is 44.2 Å². The Kier molecular flexibility index (Phi) is 4.15. The van der Waals surface area contributed by atoms with E-state index >= 15 is 0 Å². The zero-order valence-corrected chi connectivity index (χ0v) is 11.8. The van der Waals surface area contributed by atoms with Crippen molar-refractivity contribution in [3.8, 4) is 0 Å². The van der Waals surface area contributed by atoms with Crippen molar-refractivity contribution in [2.24, 2.45) is 5.73 Å². The van der Waals surface area contributed by atoms with Crippen molar-refractivity contribution < 1.29 is 0 Å². The van der Waals surface area contributed by atoms with Crippen LogP contribution in [0.15, 0.2) is 35.7 Å². The molecule has 1 aromatic carbocycles. The van der Waals surface area contributed by atoms with E-state index < -0.39 is 0 Å². The first-order valence-corrected chi connectivity index (χ1v) is 7.18. The van der Waals surface area contributed by atoms with Crippen LogP contribution in [0.1, 0.15) is 30.1 Å². The molecule has 1 heterocycles. The predicted molar refractivity (Wildman–Crippen MR) is 78.0 cm³/mol. The SMILES string of the molecule is CC(C)(Cc1ccccc1)c1nc(CCN)cs1. The molecular formula is C15H20N2S. The number of rotatable bonds is 5. The first kappa shape index (κ1) is 13.2. The summed E-state index contributed by atoms with van der Waals surface area (Å²) >= 11 is 1.75. The van der Waals surface area contributed by atoms with E-state index in [2.05, 4.69) is 49.6 Å². The minimum absolute atomic E-state index is 0.0822. The quantitative estimate of drug-likeness (QED) is 0.897. The lowest BCUT2D eigenvalue weighted by atomic mass is 9.86. The summed E-state index contributed by atoms with van der Waals surface area (Å²) in [4.78, 5) is 4.71. The third-order valence-electron chi connectivity index (χ3n) is 3.02. The second-order valence-electron chi connectivity index (χ2n) is 5.23. The highest BCUT2D eigenvalue weighted by Crippen LogP contribution is 2.30. The maximum atomic E-state index is 5.57. The number of nitrogens with two attached hydrogens (primary N) is 1. The summed E-state index contributed by atoms with van der Waals surface area (Å²) in [5, 5.41) is 3.34. The fourth-order valence-electron chi connectivity index (χ4n) is 2.06. The molecule has 0 radical (unpaired) electrons. The van der Waals surface area contributed by atoms with Gasteiger partial charge in [-0.05, 0) is 18.5 Å². The largest absolute Gasteiger partial charge is 0.330 e. The molecule has 0 amide bonds. The Bertz CT molecular complexity index is 488. The van der Waals surface area contributed by atoms with Crippen LogP contribution in [0.5, 0.6) is 0 Å². The van der Waals surface area contributed by atoms with Gasteiger partial charge in [0.25, 0.3) is 0 Å². The van der Waals surface area contributed by atoms with E-state index in [4.69, 9.17) is 10.7 Å². The van der Waals surface area contributed by atoms with Crippen molar-refractivity contribution in [2.45, 2.75) is 32.1 Å². The molecule has 96 valence electrons. The topological polar surface area (TPSA) is 38.9 Å². The average Bonchev–Trinajstić information content (AvgIpc) is 2.80. The molecule has 2 nitrogen and oxygen atoms in total. The van der Waals surface area contributed by atoms with Crippen LogP contribution in [0.25, 0.3) is 0 Å². The summed E-state index contributed by atoms with van der Waals surface area (Å²) in [5.41, 5.74) is 8.13. The van der Waals surface area contributed by atoms with Gasteiger partial charge in [-0.3, -0.25) is 0 Å². The number of hydrogen-bond donors (Lipinski definition) is 1. The molecule has 0 saturated carbocycles. The van der Waals surface area contributed by atoms with E-state index in [1.165, 1.54) is 10.6 Å². The van der Waals surface area contributed by atoms with Gasteiger partial charge in [0.05, 0.1) is 10.7 Å². The van der Waals surface area contributed by atoms with Crippen LogP contribution < -0.4 is 5.73 Å². The van der Waals surface area contributed by atoms with Gasteiger partial charge in [0.15, 0.2) is 0 Å². The summed E-state index contributed by atoms with van der Waals surface area (Å²) in [5.74, 6) is 0. The number of nitrogens with zero attached hydrogens (tertiary/aromatic N) is 1.